The van der Waals surface area contributed by atoms with Crippen LogP contribution in [0, 0.1) is 6.92 Å². The molecule has 0 aliphatic rings. The van der Waals surface area contributed by atoms with Crippen LogP contribution in [0.3, 0.4) is 0 Å². The summed E-state index contributed by atoms with van der Waals surface area (Å²) < 4.78 is 6.54. The molecule has 216 valence electrons. The number of hydrogen-bond donors (Lipinski definition) is 3. The number of ether oxygens (including phenoxy) is 1. The van der Waals surface area contributed by atoms with Gasteiger partial charge in [-0.25, -0.2) is 10.4 Å². The SMILES string of the molecule is Cc1ccccc1NC(=O)COc1ccc(Br)cc1/C=N\NC(=O)c1ccc(-c2csc(Nc3ccc(Cl)cc3)n2)cc1. The Morgan fingerprint density at radius 1 is 1.02 bits per heavy atom. The van der Waals surface area contributed by atoms with Gasteiger partial charge in [-0.15, -0.1) is 11.3 Å². The third-order valence-electron chi connectivity index (χ3n) is 6.16. The number of nitrogens with zero attached hydrogens (tertiary/aromatic N) is 2. The lowest BCUT2D eigenvalue weighted by molar-refractivity contribution is -0.118. The van der Waals surface area contributed by atoms with Crippen LogP contribution in [0.15, 0.2) is 106 Å². The number of carbonyl (C=O) groups is 2. The fraction of sp³-hybridized carbons (Fsp3) is 0.0625. The number of rotatable bonds is 10. The van der Waals surface area contributed by atoms with Crippen molar-refractivity contribution in [3.05, 3.63) is 123 Å². The van der Waals surface area contributed by atoms with E-state index in [1.807, 2.05) is 73.0 Å². The third-order valence-corrected chi connectivity index (χ3v) is 7.66. The summed E-state index contributed by atoms with van der Waals surface area (Å²) in [5.74, 6) is -0.219. The number of aryl methyl sites for hydroxylation is 1. The number of thiazole rings is 1. The summed E-state index contributed by atoms with van der Waals surface area (Å²) in [6.07, 6.45) is 1.47. The summed E-state index contributed by atoms with van der Waals surface area (Å²) >= 11 is 10.9. The van der Waals surface area contributed by atoms with Crippen LogP contribution < -0.4 is 20.8 Å². The zero-order chi connectivity index (χ0) is 30.2. The molecule has 11 heteroatoms. The number of nitrogens with one attached hydrogen (secondary N) is 3. The Hall–Kier alpha value is -4.51. The standard InChI is InChI=1S/C32H25BrClN5O3S/c1-20-4-2-3-5-27(20)37-30(40)18-42-29-15-10-24(33)16-23(29)17-35-39-31(41)22-8-6-21(7-9-22)28-19-43-32(38-28)36-26-13-11-25(34)12-14-26/h2-17,19H,18H2,1H3,(H,36,38)(H,37,40)(H,39,41)/b35-17-. The third kappa shape index (κ3) is 8.29. The van der Waals surface area contributed by atoms with Gasteiger partial charge in [0.05, 0.1) is 11.9 Å². The summed E-state index contributed by atoms with van der Waals surface area (Å²) in [4.78, 5) is 29.8. The first-order valence-corrected chi connectivity index (χ1v) is 15.1. The molecule has 0 atom stereocenters. The predicted molar refractivity (Wildman–Crippen MR) is 177 cm³/mol. The van der Waals surface area contributed by atoms with Crippen LogP contribution in [-0.2, 0) is 4.79 Å². The molecule has 3 N–H and O–H groups in total. The molecule has 0 fully saturated rings. The molecule has 0 saturated heterocycles. The second-order valence-corrected chi connectivity index (χ2v) is 11.5. The molecule has 0 spiro atoms. The van der Waals surface area contributed by atoms with E-state index in [2.05, 4.69) is 42.1 Å². The Balaban J connectivity index is 1.17. The fourth-order valence-electron chi connectivity index (χ4n) is 3.93. The summed E-state index contributed by atoms with van der Waals surface area (Å²) in [6, 6.07) is 27.3. The van der Waals surface area contributed by atoms with Crippen LogP contribution >= 0.6 is 38.9 Å². The van der Waals surface area contributed by atoms with Gasteiger partial charge < -0.3 is 15.4 Å². The predicted octanol–water partition coefficient (Wildman–Crippen LogP) is 8.06. The Labute approximate surface area is 265 Å². The van der Waals surface area contributed by atoms with Crippen molar-refractivity contribution in [2.45, 2.75) is 6.92 Å². The molecule has 0 unspecified atom stereocenters. The minimum atomic E-state index is -0.374. The smallest absolute Gasteiger partial charge is 0.271 e. The highest BCUT2D eigenvalue weighted by Gasteiger charge is 2.10. The lowest BCUT2D eigenvalue weighted by atomic mass is 10.1. The Kier molecular flexibility index (Phi) is 9.83. The van der Waals surface area contributed by atoms with E-state index in [0.717, 1.165) is 37.8 Å². The van der Waals surface area contributed by atoms with Crippen molar-refractivity contribution in [2.75, 3.05) is 17.2 Å². The number of anilines is 3. The molecular weight excluding hydrogens is 650 g/mol. The second kappa shape index (κ2) is 14.1. The second-order valence-electron chi connectivity index (χ2n) is 9.28. The van der Waals surface area contributed by atoms with Gasteiger partial charge in [-0.2, -0.15) is 5.10 Å². The van der Waals surface area contributed by atoms with Gasteiger partial charge in [-0.05, 0) is 73.2 Å². The minimum Gasteiger partial charge on any atom is -0.483 e. The fourth-order valence-corrected chi connectivity index (χ4v) is 5.18. The molecule has 0 bridgehead atoms. The van der Waals surface area contributed by atoms with Crippen LogP contribution in [0.25, 0.3) is 11.3 Å². The molecule has 0 aliphatic carbocycles. The Morgan fingerprint density at radius 2 is 1.79 bits per heavy atom. The van der Waals surface area contributed by atoms with E-state index >= 15 is 0 Å². The quantitative estimate of drug-likeness (QED) is 0.103. The highest BCUT2D eigenvalue weighted by Crippen LogP contribution is 2.28. The number of halogens is 2. The van der Waals surface area contributed by atoms with Gasteiger partial charge in [0.15, 0.2) is 11.7 Å². The van der Waals surface area contributed by atoms with Crippen LogP contribution in [0.1, 0.15) is 21.5 Å². The average Bonchev–Trinajstić information content (AvgIpc) is 3.47. The van der Waals surface area contributed by atoms with Crippen molar-refractivity contribution in [2.24, 2.45) is 5.10 Å². The molecular formula is C32H25BrClN5O3S. The minimum absolute atomic E-state index is 0.187. The maximum Gasteiger partial charge on any atom is 0.271 e. The maximum atomic E-state index is 12.7. The number of carbonyl (C=O) groups excluding carboxylic acids is 2. The zero-order valence-corrected chi connectivity index (χ0v) is 26.0. The first-order chi connectivity index (χ1) is 20.8. The van der Waals surface area contributed by atoms with Crippen LogP contribution in [-0.4, -0.2) is 29.6 Å². The lowest BCUT2D eigenvalue weighted by Gasteiger charge is -2.11. The number of para-hydroxylation sites is 1. The molecule has 8 nitrogen and oxygen atoms in total. The number of amides is 2. The summed E-state index contributed by atoms with van der Waals surface area (Å²) in [6.45, 7) is 1.73. The molecule has 5 rings (SSSR count). The van der Waals surface area contributed by atoms with Gasteiger partial charge in [0.25, 0.3) is 11.8 Å². The van der Waals surface area contributed by atoms with Gasteiger partial charge >= 0.3 is 0 Å². The molecule has 1 heterocycles. The molecule has 0 aliphatic heterocycles. The monoisotopic (exact) mass is 673 g/mol. The van der Waals surface area contributed by atoms with E-state index in [0.29, 0.717) is 21.9 Å². The lowest BCUT2D eigenvalue weighted by Crippen LogP contribution is -2.21. The first-order valence-electron chi connectivity index (χ1n) is 13.0. The largest absolute Gasteiger partial charge is 0.483 e. The van der Waals surface area contributed by atoms with Crippen molar-refractivity contribution in [1.82, 2.24) is 10.4 Å². The van der Waals surface area contributed by atoms with Gasteiger partial charge in [-0.3, -0.25) is 9.59 Å². The van der Waals surface area contributed by atoms with Crippen molar-refractivity contribution in [3.63, 3.8) is 0 Å². The highest BCUT2D eigenvalue weighted by atomic mass is 79.9. The van der Waals surface area contributed by atoms with E-state index in [4.69, 9.17) is 16.3 Å². The first kappa shape index (κ1) is 30.0. The number of aromatic nitrogens is 1. The summed E-state index contributed by atoms with van der Waals surface area (Å²) in [7, 11) is 0. The molecule has 1 aromatic heterocycles. The van der Waals surface area contributed by atoms with E-state index in [-0.39, 0.29) is 18.4 Å². The molecule has 43 heavy (non-hydrogen) atoms. The Bertz CT molecular complexity index is 1780. The molecule has 5 aromatic rings. The van der Waals surface area contributed by atoms with Crippen molar-refractivity contribution < 1.29 is 14.3 Å². The van der Waals surface area contributed by atoms with Crippen molar-refractivity contribution >= 4 is 73.4 Å². The average molecular weight is 675 g/mol. The van der Waals surface area contributed by atoms with Crippen LogP contribution in [0.5, 0.6) is 5.75 Å². The topological polar surface area (TPSA) is 105 Å². The van der Waals surface area contributed by atoms with E-state index in [9.17, 15) is 9.59 Å². The van der Waals surface area contributed by atoms with Gasteiger partial charge in [0, 0.05) is 42.9 Å². The molecule has 0 radical (unpaired) electrons. The van der Waals surface area contributed by atoms with Gasteiger partial charge in [0.1, 0.15) is 5.75 Å². The summed E-state index contributed by atoms with van der Waals surface area (Å²) in [5.41, 5.74) is 7.81. The Morgan fingerprint density at radius 3 is 2.56 bits per heavy atom. The summed E-state index contributed by atoms with van der Waals surface area (Å²) in [5, 5.41) is 13.6. The number of hydrogen-bond acceptors (Lipinski definition) is 7. The maximum absolute atomic E-state index is 12.7. The van der Waals surface area contributed by atoms with Crippen molar-refractivity contribution in [1.29, 1.82) is 0 Å². The van der Waals surface area contributed by atoms with Gasteiger partial charge in [-0.1, -0.05) is 57.9 Å². The molecule has 2 amide bonds. The van der Waals surface area contributed by atoms with E-state index in [1.165, 1.54) is 17.6 Å². The van der Waals surface area contributed by atoms with Crippen LogP contribution in [0.4, 0.5) is 16.5 Å². The number of hydrazone groups is 1. The van der Waals surface area contributed by atoms with Gasteiger partial charge in [0.2, 0.25) is 0 Å². The van der Waals surface area contributed by atoms with E-state index in [1.54, 1.807) is 30.3 Å². The molecule has 0 saturated carbocycles. The normalized spacial score (nSPS) is 10.9. The molecule has 4 aromatic carbocycles. The van der Waals surface area contributed by atoms with Crippen molar-refractivity contribution in [3.8, 4) is 17.0 Å². The number of benzene rings is 4. The highest BCUT2D eigenvalue weighted by molar-refractivity contribution is 9.10. The van der Waals surface area contributed by atoms with E-state index < -0.39 is 0 Å². The van der Waals surface area contributed by atoms with Crippen LogP contribution in [0.2, 0.25) is 5.02 Å². The zero-order valence-electron chi connectivity index (χ0n) is 22.8.